The van der Waals surface area contributed by atoms with Gasteiger partial charge in [0.1, 0.15) is 0 Å². The molecule has 0 aliphatic heterocycles. The number of hydrogen-bond donors (Lipinski definition) is 0. The first-order chi connectivity index (χ1) is 22.4. The van der Waals surface area contributed by atoms with E-state index in [1.165, 1.54) is 278 Å². The fourth-order valence-corrected chi connectivity index (χ4v) is 8.39. The Labute approximate surface area is 290 Å². The third-order valence-electron chi connectivity index (χ3n) is 10.4. The van der Waals surface area contributed by atoms with E-state index in [0.717, 1.165) is 0 Å². The topological polar surface area (TPSA) is 0 Å². The maximum atomic E-state index is 2.31. The summed E-state index contributed by atoms with van der Waals surface area (Å²) in [6, 6.07) is 0. The highest BCUT2D eigenvalue weighted by molar-refractivity contribution is 7.37. The molecule has 1 heteroatoms. The first-order valence-electron chi connectivity index (χ1n) is 22.1. The van der Waals surface area contributed by atoms with Crippen LogP contribution in [0.4, 0.5) is 0 Å². The van der Waals surface area contributed by atoms with Gasteiger partial charge in [-0.15, -0.1) is 8.58 Å². The van der Waals surface area contributed by atoms with E-state index in [1.54, 1.807) is 0 Å². The van der Waals surface area contributed by atoms with E-state index in [2.05, 4.69) is 13.8 Å². The van der Waals surface area contributed by atoms with Gasteiger partial charge in [0.15, 0.2) is 0 Å². The molecule has 0 saturated heterocycles. The zero-order chi connectivity index (χ0) is 32.4. The molecule has 272 valence electrons. The molecule has 0 rings (SSSR count). The molecule has 0 atom stereocenters. The van der Waals surface area contributed by atoms with Crippen LogP contribution >= 0.6 is 8.58 Å². The smallest absolute Gasteiger partial charge is 0.0353 e. The maximum absolute atomic E-state index is 2.31. The predicted octanol–water partition coefficient (Wildman–Crippen LogP) is 17.3. The van der Waals surface area contributed by atoms with Gasteiger partial charge >= 0.3 is 0 Å². The summed E-state index contributed by atoms with van der Waals surface area (Å²) in [5.41, 5.74) is 0. The summed E-state index contributed by atoms with van der Waals surface area (Å²) in [5, 5.41) is 0. The zero-order valence-corrected chi connectivity index (χ0v) is 33.2. The quantitative estimate of drug-likeness (QED) is 0.0455. The Balaban J connectivity index is 3.03. The molecule has 45 heavy (non-hydrogen) atoms. The molecule has 0 N–H and O–H groups in total. The van der Waals surface area contributed by atoms with Gasteiger partial charge in [-0.3, -0.25) is 0 Å². The fourth-order valence-electron chi connectivity index (χ4n) is 7.14. The van der Waals surface area contributed by atoms with Crippen molar-refractivity contribution in [2.45, 2.75) is 271 Å². The summed E-state index contributed by atoms with van der Waals surface area (Å²) < 4.78 is 0. The molecule has 0 aliphatic carbocycles. The number of unbranched alkanes of at least 4 members (excludes halogenated alkanes) is 38. The van der Waals surface area contributed by atoms with Gasteiger partial charge in [0.05, 0.1) is 0 Å². The summed E-state index contributed by atoms with van der Waals surface area (Å²) in [4.78, 5) is 0. The van der Waals surface area contributed by atoms with E-state index >= 15 is 0 Å². The van der Waals surface area contributed by atoms with Gasteiger partial charge in [0.25, 0.3) is 0 Å². The Morgan fingerprint density at radius 2 is 0.311 bits per heavy atom. The van der Waals surface area contributed by atoms with Crippen LogP contribution in [0.1, 0.15) is 271 Å². The Hall–Kier alpha value is 0.430. The number of hydrogen-bond acceptors (Lipinski definition) is 0. The van der Waals surface area contributed by atoms with Gasteiger partial charge in [0.2, 0.25) is 0 Å². The average molecular weight is 651 g/mol. The normalized spacial score (nSPS) is 11.6. The van der Waals surface area contributed by atoms with Crippen molar-refractivity contribution in [3.8, 4) is 0 Å². The van der Waals surface area contributed by atoms with Crippen LogP contribution in [-0.4, -0.2) is 12.3 Å². The average Bonchev–Trinajstić information content (AvgIpc) is 3.05. The van der Waals surface area contributed by atoms with Gasteiger partial charge < -0.3 is 0 Å². The minimum Gasteiger partial charge on any atom is -0.122 e. The summed E-state index contributed by atoms with van der Waals surface area (Å²) in [6.07, 6.45) is 62.5. The standard InChI is InChI=1S/C44H91P/c1-3-5-7-9-11-13-15-17-19-21-23-25-27-29-31-33-35-37-39-41-43-45-44-42-40-38-36-34-32-30-28-26-24-22-20-18-16-14-12-10-8-6-4-2/h45H,3-44H2,1-2H3. The monoisotopic (exact) mass is 651 g/mol. The van der Waals surface area contributed by atoms with Crippen LogP contribution in [0, 0.1) is 0 Å². The minimum atomic E-state index is 1.25. The van der Waals surface area contributed by atoms with Crippen molar-refractivity contribution in [3.63, 3.8) is 0 Å². The summed E-state index contributed by atoms with van der Waals surface area (Å²) in [6.45, 7) is 4.62. The Morgan fingerprint density at radius 1 is 0.178 bits per heavy atom. The van der Waals surface area contributed by atoms with Crippen molar-refractivity contribution in [3.05, 3.63) is 0 Å². The van der Waals surface area contributed by atoms with E-state index in [1.807, 2.05) is 0 Å². The van der Waals surface area contributed by atoms with Gasteiger partial charge in [-0.2, -0.15) is 0 Å². The molecule has 0 spiro atoms. The first-order valence-corrected chi connectivity index (χ1v) is 23.5. The van der Waals surface area contributed by atoms with Crippen LogP contribution in [0.5, 0.6) is 0 Å². The molecule has 0 amide bonds. The highest BCUT2D eigenvalue weighted by Crippen LogP contribution is 2.20. The van der Waals surface area contributed by atoms with Crippen molar-refractivity contribution in [1.29, 1.82) is 0 Å². The predicted molar refractivity (Wildman–Crippen MR) is 214 cm³/mol. The van der Waals surface area contributed by atoms with Crippen LogP contribution in [-0.2, 0) is 0 Å². The SMILES string of the molecule is CCCCCCCCCCCCCCCCCCCCCCPCCCCCCCCCCCCCCCCCCCCCC. The van der Waals surface area contributed by atoms with Gasteiger partial charge in [0, 0.05) is 0 Å². The third kappa shape index (κ3) is 44.4. The Kier molecular flexibility index (Phi) is 44.9. The molecule has 0 fully saturated rings. The summed E-state index contributed by atoms with van der Waals surface area (Å²) >= 11 is 0. The van der Waals surface area contributed by atoms with Gasteiger partial charge in [-0.25, -0.2) is 0 Å². The molecular weight excluding hydrogens is 559 g/mol. The second-order valence-electron chi connectivity index (χ2n) is 15.2. The third-order valence-corrected chi connectivity index (χ3v) is 11.8. The van der Waals surface area contributed by atoms with Crippen LogP contribution in [0.3, 0.4) is 0 Å². The van der Waals surface area contributed by atoms with Crippen molar-refractivity contribution in [2.24, 2.45) is 0 Å². The molecule has 0 unspecified atom stereocenters. The zero-order valence-electron chi connectivity index (χ0n) is 32.2. The van der Waals surface area contributed by atoms with Crippen LogP contribution < -0.4 is 0 Å². The van der Waals surface area contributed by atoms with Crippen LogP contribution in [0.2, 0.25) is 0 Å². The molecule has 0 nitrogen and oxygen atoms in total. The first kappa shape index (κ1) is 45.4. The fraction of sp³-hybridized carbons (Fsp3) is 1.00. The lowest BCUT2D eigenvalue weighted by Crippen LogP contribution is -1.86. The molecule has 0 aliphatic rings. The highest BCUT2D eigenvalue weighted by atomic mass is 31.1. The molecule has 0 heterocycles. The van der Waals surface area contributed by atoms with Crippen LogP contribution in [0.25, 0.3) is 0 Å². The summed E-state index contributed by atoms with van der Waals surface area (Å²) in [5.74, 6) is 0. The Bertz CT molecular complexity index is 432. The van der Waals surface area contributed by atoms with Gasteiger partial charge in [-0.1, -0.05) is 258 Å². The molecule has 0 aromatic carbocycles. The lowest BCUT2D eigenvalue weighted by Gasteiger charge is -2.05. The van der Waals surface area contributed by atoms with Crippen molar-refractivity contribution in [2.75, 3.05) is 12.3 Å². The minimum absolute atomic E-state index is 1.25. The van der Waals surface area contributed by atoms with E-state index in [4.69, 9.17) is 0 Å². The Morgan fingerprint density at radius 3 is 0.467 bits per heavy atom. The second-order valence-corrected chi connectivity index (χ2v) is 16.7. The maximum Gasteiger partial charge on any atom is -0.0353 e. The molecule has 0 aromatic rings. The van der Waals surface area contributed by atoms with Crippen molar-refractivity contribution < 1.29 is 0 Å². The van der Waals surface area contributed by atoms with E-state index in [-0.39, 0.29) is 0 Å². The van der Waals surface area contributed by atoms with E-state index in [0.29, 0.717) is 0 Å². The molecule has 0 radical (unpaired) electrons. The van der Waals surface area contributed by atoms with E-state index < -0.39 is 0 Å². The molecular formula is C44H91P. The number of rotatable bonds is 42. The second kappa shape index (κ2) is 44.4. The van der Waals surface area contributed by atoms with Gasteiger partial charge in [-0.05, 0) is 25.2 Å². The van der Waals surface area contributed by atoms with Crippen LogP contribution in [0.15, 0.2) is 0 Å². The molecule has 0 saturated carbocycles. The largest absolute Gasteiger partial charge is 0.122 e. The van der Waals surface area contributed by atoms with Crippen molar-refractivity contribution >= 4 is 8.58 Å². The highest BCUT2D eigenvalue weighted by Gasteiger charge is 1.98. The van der Waals surface area contributed by atoms with Crippen molar-refractivity contribution in [1.82, 2.24) is 0 Å². The lowest BCUT2D eigenvalue weighted by atomic mass is 10.0. The van der Waals surface area contributed by atoms with E-state index in [9.17, 15) is 0 Å². The lowest BCUT2D eigenvalue weighted by molar-refractivity contribution is 0.523. The molecule has 0 aromatic heterocycles. The molecule has 0 bridgehead atoms. The summed E-state index contributed by atoms with van der Waals surface area (Å²) in [7, 11) is 1.25.